The average molecular weight is 539 g/mol. The van der Waals surface area contributed by atoms with Gasteiger partial charge in [0.05, 0.1) is 12.0 Å². The van der Waals surface area contributed by atoms with Gasteiger partial charge in [0.1, 0.15) is 24.3 Å². The van der Waals surface area contributed by atoms with E-state index >= 15 is 0 Å². The van der Waals surface area contributed by atoms with E-state index in [9.17, 15) is 9.59 Å². The molecule has 1 aliphatic rings. The van der Waals surface area contributed by atoms with Gasteiger partial charge in [-0.1, -0.05) is 56.0 Å². The van der Waals surface area contributed by atoms with Crippen LogP contribution >= 0.6 is 11.6 Å². The van der Waals surface area contributed by atoms with Crippen molar-refractivity contribution in [3.63, 3.8) is 0 Å². The van der Waals surface area contributed by atoms with Crippen LogP contribution in [0.25, 0.3) is 11.0 Å². The number of anilines is 1. The summed E-state index contributed by atoms with van der Waals surface area (Å²) in [6.07, 6.45) is 11.1. The van der Waals surface area contributed by atoms with E-state index in [1.54, 1.807) is 16.8 Å². The maximum Gasteiger partial charge on any atom is 0.508 e. The highest BCUT2D eigenvalue weighted by Gasteiger charge is 2.41. The summed E-state index contributed by atoms with van der Waals surface area (Å²) in [5, 5.41) is 3.47. The van der Waals surface area contributed by atoms with E-state index in [1.807, 2.05) is 30.3 Å². The van der Waals surface area contributed by atoms with Crippen LogP contribution in [-0.2, 0) is 25.4 Å². The topological polar surface area (TPSA) is 105 Å². The lowest BCUT2D eigenvalue weighted by atomic mass is 10.0. The van der Waals surface area contributed by atoms with Crippen LogP contribution in [0.4, 0.5) is 10.6 Å². The number of nitrogens with one attached hydrogen (secondary N) is 1. The number of fused-ring (bicyclic) bond motifs is 1. The van der Waals surface area contributed by atoms with Gasteiger partial charge in [0.25, 0.3) is 0 Å². The maximum absolute atomic E-state index is 12.6. The molecule has 2 atom stereocenters. The molecular weight excluding hydrogens is 508 g/mol. The zero-order chi connectivity index (χ0) is 27.0. The largest absolute Gasteiger partial charge is 0.508 e. The van der Waals surface area contributed by atoms with E-state index in [0.29, 0.717) is 49.1 Å². The lowest BCUT2D eigenvalue weighted by Gasteiger charge is -2.23. The highest BCUT2D eigenvalue weighted by molar-refractivity contribution is 6.28. The summed E-state index contributed by atoms with van der Waals surface area (Å²) in [6, 6.07) is 11.6. The molecule has 1 amide bonds. The zero-order valence-electron chi connectivity index (χ0n) is 21.3. The number of terminal acetylenes is 1. The fraction of sp³-hybridized carbons (Fsp3) is 0.429. The first-order valence-electron chi connectivity index (χ1n) is 12.8. The molecule has 2 unspecified atom stereocenters. The Balaban J connectivity index is 1.41. The summed E-state index contributed by atoms with van der Waals surface area (Å²) >= 11 is 6.21. The zero-order valence-corrected chi connectivity index (χ0v) is 22.1. The highest BCUT2D eigenvalue weighted by Crippen LogP contribution is 2.39. The molecular formula is C28H31ClN4O5. The molecule has 1 fully saturated rings. The molecule has 1 saturated heterocycles. The molecule has 4 rings (SSSR count). The maximum atomic E-state index is 12.6. The van der Waals surface area contributed by atoms with Gasteiger partial charge in [0, 0.05) is 12.6 Å². The molecule has 1 N–H and O–H groups in total. The number of amides is 1. The predicted octanol–water partition coefficient (Wildman–Crippen LogP) is 5.68. The number of carbonyl (C=O) groups is 2. The Morgan fingerprint density at radius 2 is 2.05 bits per heavy atom. The van der Waals surface area contributed by atoms with Gasteiger partial charge in [-0.05, 0) is 48.9 Å². The number of carbonyl (C=O) groups excluding carboxylic acids is 2. The Bertz CT molecular complexity index is 1310. The van der Waals surface area contributed by atoms with Crippen molar-refractivity contribution in [1.82, 2.24) is 14.5 Å². The van der Waals surface area contributed by atoms with E-state index in [1.165, 1.54) is 0 Å². The minimum atomic E-state index is -1.09. The molecule has 3 aromatic rings. The molecule has 0 radical (unpaired) electrons. The SMILES string of the molecule is C#CC1(COC(=O)OCCCCC)CCC(n2ccc3c(NC(=O)CCc4ccccc4)nc(Cl)nc32)O1. The van der Waals surface area contributed by atoms with E-state index in [0.717, 1.165) is 24.8 Å². The van der Waals surface area contributed by atoms with E-state index in [-0.39, 0.29) is 17.8 Å². The van der Waals surface area contributed by atoms with Crippen molar-refractivity contribution in [2.45, 2.75) is 63.7 Å². The normalized spacial score (nSPS) is 18.7. The van der Waals surface area contributed by atoms with Crippen LogP contribution in [0.15, 0.2) is 42.6 Å². The van der Waals surface area contributed by atoms with Gasteiger partial charge in [0.2, 0.25) is 11.2 Å². The third-order valence-corrected chi connectivity index (χ3v) is 6.58. The lowest BCUT2D eigenvalue weighted by molar-refractivity contribution is -0.116. The first-order valence-corrected chi connectivity index (χ1v) is 13.1. The van der Waals surface area contributed by atoms with Gasteiger partial charge in [-0.15, -0.1) is 6.42 Å². The number of aryl methyl sites for hydroxylation is 1. The number of nitrogens with zero attached hydrogens (tertiary/aromatic N) is 3. The molecule has 200 valence electrons. The number of hydrogen-bond acceptors (Lipinski definition) is 7. The summed E-state index contributed by atoms with van der Waals surface area (Å²) in [5.74, 6) is 2.79. The fourth-order valence-electron chi connectivity index (χ4n) is 4.34. The van der Waals surface area contributed by atoms with Crippen molar-refractivity contribution in [3.8, 4) is 12.3 Å². The van der Waals surface area contributed by atoms with Crippen molar-refractivity contribution in [2.75, 3.05) is 18.5 Å². The third-order valence-electron chi connectivity index (χ3n) is 6.41. The molecule has 1 aromatic carbocycles. The monoisotopic (exact) mass is 538 g/mol. The highest BCUT2D eigenvalue weighted by atomic mass is 35.5. The first kappa shape index (κ1) is 27.4. The van der Waals surface area contributed by atoms with Crippen LogP contribution in [0, 0.1) is 12.3 Å². The Labute approximate surface area is 226 Å². The van der Waals surface area contributed by atoms with Crippen LogP contribution < -0.4 is 5.32 Å². The van der Waals surface area contributed by atoms with Crippen molar-refractivity contribution in [2.24, 2.45) is 0 Å². The van der Waals surface area contributed by atoms with Crippen molar-refractivity contribution in [3.05, 3.63) is 53.4 Å². The van der Waals surface area contributed by atoms with Crippen LogP contribution in [0.3, 0.4) is 0 Å². The van der Waals surface area contributed by atoms with Crippen LogP contribution in [-0.4, -0.2) is 45.4 Å². The summed E-state index contributed by atoms with van der Waals surface area (Å²) < 4.78 is 18.3. The smallest absolute Gasteiger partial charge is 0.434 e. The number of ether oxygens (including phenoxy) is 3. The second-order valence-electron chi connectivity index (χ2n) is 9.18. The van der Waals surface area contributed by atoms with Gasteiger partial charge in [-0.3, -0.25) is 4.79 Å². The molecule has 38 heavy (non-hydrogen) atoms. The standard InChI is InChI=1S/C28H31ClN4O5/c1-3-5-9-18-36-27(35)37-19-28(4-2)16-14-23(38-28)33-17-15-21-24(31-26(29)32-25(21)33)30-22(34)13-12-20-10-7-6-8-11-20/h2,6-8,10-11,15,17,23H,3,5,9,12-14,16,18-19H2,1H3,(H,30,31,32,34). The van der Waals surface area contributed by atoms with E-state index < -0.39 is 18.0 Å². The Morgan fingerprint density at radius 3 is 2.82 bits per heavy atom. The molecule has 0 spiro atoms. The van der Waals surface area contributed by atoms with Gasteiger partial charge >= 0.3 is 6.16 Å². The van der Waals surface area contributed by atoms with Gasteiger partial charge in [-0.25, -0.2) is 4.79 Å². The molecule has 2 aromatic heterocycles. The summed E-state index contributed by atoms with van der Waals surface area (Å²) in [6.45, 7) is 2.26. The summed E-state index contributed by atoms with van der Waals surface area (Å²) in [5.41, 5.74) is 0.482. The third kappa shape index (κ3) is 6.82. The summed E-state index contributed by atoms with van der Waals surface area (Å²) in [7, 11) is 0. The Morgan fingerprint density at radius 1 is 1.24 bits per heavy atom. The van der Waals surface area contributed by atoms with Crippen molar-refractivity contribution >= 4 is 40.5 Å². The van der Waals surface area contributed by atoms with Crippen molar-refractivity contribution in [1.29, 1.82) is 0 Å². The molecule has 10 heteroatoms. The van der Waals surface area contributed by atoms with Crippen molar-refractivity contribution < 1.29 is 23.8 Å². The minimum absolute atomic E-state index is 0.00817. The van der Waals surface area contributed by atoms with Crippen LogP contribution in [0.5, 0.6) is 0 Å². The van der Waals surface area contributed by atoms with Gasteiger partial charge < -0.3 is 24.1 Å². The second-order valence-corrected chi connectivity index (χ2v) is 9.52. The number of halogens is 1. The fourth-order valence-corrected chi connectivity index (χ4v) is 4.51. The Kier molecular flexibility index (Phi) is 9.21. The molecule has 9 nitrogen and oxygen atoms in total. The summed E-state index contributed by atoms with van der Waals surface area (Å²) in [4.78, 5) is 33.2. The number of hydrogen-bond donors (Lipinski definition) is 1. The number of aromatic nitrogens is 3. The van der Waals surface area contributed by atoms with Gasteiger partial charge in [0.15, 0.2) is 5.60 Å². The van der Waals surface area contributed by atoms with Gasteiger partial charge in [-0.2, -0.15) is 9.97 Å². The number of benzene rings is 1. The quantitative estimate of drug-likeness (QED) is 0.145. The second kappa shape index (κ2) is 12.8. The number of rotatable bonds is 11. The predicted molar refractivity (Wildman–Crippen MR) is 144 cm³/mol. The minimum Gasteiger partial charge on any atom is -0.434 e. The van der Waals surface area contributed by atoms with Crippen LogP contribution in [0.1, 0.15) is 57.2 Å². The molecule has 0 aliphatic carbocycles. The van der Waals surface area contributed by atoms with E-state index in [4.69, 9.17) is 32.2 Å². The molecule has 0 saturated carbocycles. The lowest BCUT2D eigenvalue weighted by Crippen LogP contribution is -2.34. The van der Waals surface area contributed by atoms with Crippen LogP contribution in [0.2, 0.25) is 5.28 Å². The molecule has 3 heterocycles. The molecule has 0 bridgehead atoms. The van der Waals surface area contributed by atoms with E-state index in [2.05, 4.69) is 28.1 Å². The average Bonchev–Trinajstić information content (AvgIpc) is 3.54. The number of unbranched alkanes of at least 4 members (excludes halogenated alkanes) is 2. The Hall–Kier alpha value is -3.61. The molecule has 1 aliphatic heterocycles. The first-order chi connectivity index (χ1) is 18.4.